The summed E-state index contributed by atoms with van der Waals surface area (Å²) in [5, 5.41) is 0. The molecule has 6 aromatic rings. The number of fused-ring (bicyclic) bond motifs is 4. The largest absolute Gasteiger partial charge is 0.354 e. The fourth-order valence-electron chi connectivity index (χ4n) is 12.8. The summed E-state index contributed by atoms with van der Waals surface area (Å²) in [6.45, 7) is 5.66. The van der Waals surface area contributed by atoms with Gasteiger partial charge >= 0.3 is 0 Å². The van der Waals surface area contributed by atoms with Gasteiger partial charge in [-0.3, -0.25) is 0 Å². The standard InChI is InChI=1S/C81H81N10/c82-46-61-91-57-42-65(43-58-91)64-40-55-89(56-41-64)49-19-6-2-1-5-18-47-87-51-36-62(37-52-87)63-38-53-88(54-39-63)48-20-7-3-4-8-21-50-90-59-44-69(45-60-90)81-76-34-32-74(85-76)79(67-24-14-10-15-25-67)72-30-28-70(83-72)78(66-22-12-9-13-23-66)71-29-31-73(84-71)80(68-26-16-11-17-27-68)75-33-35-77(81)86-75/h9-17,22-45,51-60H,1-8,18-21,46-50,61,82H2/q+3. The third-order valence-corrected chi connectivity index (χ3v) is 17.8. The first-order valence-corrected chi connectivity index (χ1v) is 33.0. The molecule has 0 spiro atoms. The molecule has 452 valence electrons. The van der Waals surface area contributed by atoms with E-state index >= 15 is 0 Å². The number of hydrogen-bond donors (Lipinski definition) is 1. The molecule has 7 aliphatic heterocycles. The van der Waals surface area contributed by atoms with E-state index in [4.69, 9.17) is 25.7 Å². The molecule has 10 heteroatoms. The van der Waals surface area contributed by atoms with Crippen LogP contribution >= 0.6 is 0 Å². The molecule has 3 aromatic heterocycles. The fourth-order valence-corrected chi connectivity index (χ4v) is 12.8. The molecule has 0 unspecified atom stereocenters. The van der Waals surface area contributed by atoms with Gasteiger partial charge in [-0.1, -0.05) is 123 Å². The molecule has 0 amide bonds. The Morgan fingerprint density at radius 2 is 0.549 bits per heavy atom. The van der Waals surface area contributed by atoms with Crippen molar-refractivity contribution in [3.63, 3.8) is 0 Å². The quantitative estimate of drug-likeness (QED) is 0.0457. The van der Waals surface area contributed by atoms with Crippen LogP contribution in [0.4, 0.5) is 0 Å². The number of nitrogens with zero attached hydrogens (tertiary/aromatic N) is 9. The highest BCUT2D eigenvalue weighted by molar-refractivity contribution is 6.39. The van der Waals surface area contributed by atoms with Gasteiger partial charge in [0, 0.05) is 122 Å². The number of allylic oxidation sites excluding steroid dienone is 18. The Morgan fingerprint density at radius 1 is 0.275 bits per heavy atom. The molecule has 10 nitrogen and oxygen atoms in total. The summed E-state index contributed by atoms with van der Waals surface area (Å²) >= 11 is 0. The molecule has 10 heterocycles. The first-order chi connectivity index (χ1) is 45.1. The lowest BCUT2D eigenvalue weighted by Gasteiger charge is -2.21. The Labute approximate surface area is 537 Å². The molecule has 0 aliphatic carbocycles. The zero-order chi connectivity index (χ0) is 61.4. The first-order valence-electron chi connectivity index (χ1n) is 33.0. The van der Waals surface area contributed by atoms with Crippen LogP contribution in [0.25, 0.3) is 33.4 Å². The van der Waals surface area contributed by atoms with Gasteiger partial charge in [-0.15, -0.1) is 0 Å². The van der Waals surface area contributed by atoms with Gasteiger partial charge in [-0.2, -0.15) is 0 Å². The number of benzene rings is 3. The van der Waals surface area contributed by atoms with E-state index in [1.165, 1.54) is 92.9 Å². The Balaban J connectivity index is 0.577. The zero-order valence-electron chi connectivity index (χ0n) is 52.2. The summed E-state index contributed by atoms with van der Waals surface area (Å²) in [6.07, 6.45) is 62.7. The number of unbranched alkanes of at least 4 members (excludes halogenated alkanes) is 10. The van der Waals surface area contributed by atoms with E-state index < -0.39 is 0 Å². The van der Waals surface area contributed by atoms with Crippen LogP contribution < -0.4 is 19.4 Å². The summed E-state index contributed by atoms with van der Waals surface area (Å²) in [7, 11) is 0. The van der Waals surface area contributed by atoms with Crippen molar-refractivity contribution in [3.05, 3.63) is 318 Å². The number of rotatable bonds is 25. The molecular weight excluding hydrogens is 1110 g/mol. The minimum atomic E-state index is 0.653. The molecule has 3 aromatic carbocycles. The van der Waals surface area contributed by atoms with Crippen LogP contribution in [0.3, 0.4) is 0 Å². The number of aryl methyl sites for hydroxylation is 3. The minimum absolute atomic E-state index is 0.653. The summed E-state index contributed by atoms with van der Waals surface area (Å²) in [5.41, 5.74) is 25.7. The SMILES string of the molecule is NCCN1C=CC(=C2C=CN(CCCCCCCC[n+]3ccc(-c4cc[n+](CCCCCCCC[n+]5ccc(C6=C7C=CC(=N7)C(c7ccccc7)=C7C=CC(=N7)C(c7ccccc7)=C7C=CC(=N7)C(c7ccccc7)=C7C=CC6=N7)cc5)cc4)cc3)C=C2)C=C1. The van der Waals surface area contributed by atoms with E-state index in [9.17, 15) is 0 Å². The van der Waals surface area contributed by atoms with Gasteiger partial charge in [0.2, 0.25) is 0 Å². The van der Waals surface area contributed by atoms with Crippen LogP contribution in [0.5, 0.6) is 0 Å². The van der Waals surface area contributed by atoms with Crippen LogP contribution in [-0.4, -0.2) is 52.3 Å². The minimum Gasteiger partial charge on any atom is -0.354 e. The van der Waals surface area contributed by atoms with Crippen LogP contribution in [0.15, 0.2) is 316 Å². The summed E-state index contributed by atoms with van der Waals surface area (Å²) < 4.78 is 6.99. The lowest BCUT2D eigenvalue weighted by molar-refractivity contribution is -0.697. The van der Waals surface area contributed by atoms with Crippen LogP contribution in [-0.2, 0) is 19.6 Å². The molecule has 0 fully saturated rings. The normalized spacial score (nSPS) is 16.4. The average molecular weight is 1190 g/mol. The second kappa shape index (κ2) is 29.5. The molecule has 2 N–H and O–H groups in total. The number of pyridine rings is 3. The second-order valence-electron chi connectivity index (χ2n) is 24.1. The van der Waals surface area contributed by atoms with Crippen molar-refractivity contribution in [2.24, 2.45) is 25.7 Å². The predicted molar refractivity (Wildman–Crippen MR) is 374 cm³/mol. The highest BCUT2D eigenvalue weighted by atomic mass is 15.1. The van der Waals surface area contributed by atoms with E-state index in [1.54, 1.807) is 0 Å². The van der Waals surface area contributed by atoms with Crippen LogP contribution in [0.2, 0.25) is 0 Å². The van der Waals surface area contributed by atoms with Gasteiger partial charge in [0.25, 0.3) is 0 Å². The van der Waals surface area contributed by atoms with Gasteiger partial charge in [-0.05, 0) is 143 Å². The second-order valence-corrected chi connectivity index (χ2v) is 24.1. The molecule has 0 atom stereocenters. The summed E-state index contributed by atoms with van der Waals surface area (Å²) in [6, 6.07) is 45.0. The zero-order valence-corrected chi connectivity index (χ0v) is 52.2. The van der Waals surface area contributed by atoms with Gasteiger partial charge in [0.05, 0.1) is 45.6 Å². The van der Waals surface area contributed by atoms with Crippen molar-refractivity contribution in [1.29, 1.82) is 0 Å². The maximum Gasteiger partial charge on any atom is 0.169 e. The third kappa shape index (κ3) is 14.8. The van der Waals surface area contributed by atoms with E-state index in [0.29, 0.717) is 6.54 Å². The van der Waals surface area contributed by atoms with Crippen molar-refractivity contribution >= 4 is 45.1 Å². The van der Waals surface area contributed by atoms with E-state index in [2.05, 4.69) is 280 Å². The van der Waals surface area contributed by atoms with Crippen molar-refractivity contribution in [3.8, 4) is 11.1 Å². The predicted octanol–water partition coefficient (Wildman–Crippen LogP) is 15.5. The topological polar surface area (TPSA) is 93.6 Å². The smallest absolute Gasteiger partial charge is 0.169 e. The molecule has 91 heavy (non-hydrogen) atoms. The Bertz CT molecular complexity index is 4100. The Morgan fingerprint density at radius 3 is 0.868 bits per heavy atom. The van der Waals surface area contributed by atoms with Crippen molar-refractivity contribution in [2.75, 3.05) is 19.6 Å². The maximum absolute atomic E-state index is 5.69. The van der Waals surface area contributed by atoms with E-state index in [1.807, 2.05) is 6.07 Å². The molecule has 0 saturated carbocycles. The number of aromatic nitrogens is 3. The molecular formula is C81H81N10+3. The Hall–Kier alpha value is -10.0. The first kappa shape index (κ1) is 59.9. The number of nitrogens with two attached hydrogens (primary N) is 1. The molecule has 7 aliphatic rings. The van der Waals surface area contributed by atoms with Crippen molar-refractivity contribution in [2.45, 2.75) is 96.7 Å². The van der Waals surface area contributed by atoms with Gasteiger partial charge in [-0.25, -0.2) is 33.7 Å². The van der Waals surface area contributed by atoms with Crippen LogP contribution in [0, 0.1) is 0 Å². The fraction of sp³-hybridized carbons (Fsp3) is 0.222. The van der Waals surface area contributed by atoms with Crippen LogP contribution in [0.1, 0.15) is 99.3 Å². The molecule has 0 radical (unpaired) electrons. The molecule has 0 saturated heterocycles. The van der Waals surface area contributed by atoms with Crippen molar-refractivity contribution < 1.29 is 13.7 Å². The number of aliphatic imine (C=N–C) groups is 4. The lowest BCUT2D eigenvalue weighted by Crippen LogP contribution is -2.33. The summed E-state index contributed by atoms with van der Waals surface area (Å²) in [4.78, 5) is 26.2. The Kier molecular flexibility index (Phi) is 19.4. The maximum atomic E-state index is 5.69. The molecule has 8 bridgehead atoms. The number of hydrogen-bond acceptors (Lipinski definition) is 7. The molecule has 13 rings (SSSR count). The third-order valence-electron chi connectivity index (χ3n) is 17.8. The van der Waals surface area contributed by atoms with Gasteiger partial charge < -0.3 is 15.5 Å². The highest BCUT2D eigenvalue weighted by Crippen LogP contribution is 2.39. The lowest BCUT2D eigenvalue weighted by atomic mass is 9.98. The van der Waals surface area contributed by atoms with Crippen molar-refractivity contribution in [1.82, 2.24) is 9.80 Å². The monoisotopic (exact) mass is 1190 g/mol. The highest BCUT2D eigenvalue weighted by Gasteiger charge is 2.28. The van der Waals surface area contributed by atoms with Gasteiger partial charge in [0.1, 0.15) is 19.6 Å². The van der Waals surface area contributed by atoms with E-state index in [0.717, 1.165) is 129 Å². The summed E-state index contributed by atoms with van der Waals surface area (Å²) in [5.74, 6) is 0. The average Bonchev–Trinajstić information content (AvgIpc) is 1.81. The van der Waals surface area contributed by atoms with Gasteiger partial charge in [0.15, 0.2) is 37.2 Å². The van der Waals surface area contributed by atoms with E-state index in [-0.39, 0.29) is 0 Å².